The van der Waals surface area contributed by atoms with Gasteiger partial charge < -0.3 is 29.0 Å². The van der Waals surface area contributed by atoms with Crippen LogP contribution in [0.3, 0.4) is 0 Å². The number of hydrogen-bond donors (Lipinski definition) is 1. The first-order valence-electron chi connectivity index (χ1n) is 14.2. The van der Waals surface area contributed by atoms with Crippen LogP contribution in [-0.4, -0.2) is 119 Å². The molecule has 3 fully saturated rings. The third-order valence-electron chi connectivity index (χ3n) is 7.98. The van der Waals surface area contributed by atoms with Gasteiger partial charge in [-0.25, -0.2) is 8.42 Å². The minimum atomic E-state index is -3.75. The first-order valence-corrected chi connectivity index (χ1v) is 15.7. The van der Waals surface area contributed by atoms with Crippen molar-refractivity contribution >= 4 is 27.5 Å². The number of sulfonamides is 1. The van der Waals surface area contributed by atoms with E-state index in [2.05, 4.69) is 4.90 Å². The van der Waals surface area contributed by atoms with E-state index in [1.54, 1.807) is 18.2 Å². The average molecular weight is 616 g/mol. The van der Waals surface area contributed by atoms with Crippen molar-refractivity contribution in [3.05, 3.63) is 59.2 Å². The van der Waals surface area contributed by atoms with Gasteiger partial charge in [0.25, 0.3) is 11.7 Å². The van der Waals surface area contributed by atoms with Crippen LogP contribution in [0.2, 0.25) is 0 Å². The highest BCUT2D eigenvalue weighted by molar-refractivity contribution is 7.89. The summed E-state index contributed by atoms with van der Waals surface area (Å²) in [6.45, 7) is 5.07. The molecule has 0 bridgehead atoms. The van der Waals surface area contributed by atoms with Crippen molar-refractivity contribution in [3.63, 3.8) is 0 Å². The third-order valence-corrected chi connectivity index (χ3v) is 9.89. The summed E-state index contributed by atoms with van der Waals surface area (Å²) >= 11 is 0. The van der Waals surface area contributed by atoms with Crippen molar-refractivity contribution in [2.24, 2.45) is 0 Å². The van der Waals surface area contributed by atoms with Crippen LogP contribution >= 0.6 is 0 Å². The lowest BCUT2D eigenvalue weighted by atomic mass is 9.95. The molecular formula is C30H37N3O9S. The summed E-state index contributed by atoms with van der Waals surface area (Å²) in [5.41, 5.74) is 0.710. The number of morpholine rings is 2. The van der Waals surface area contributed by atoms with Crippen molar-refractivity contribution < 1.29 is 42.1 Å². The van der Waals surface area contributed by atoms with Gasteiger partial charge in [0.15, 0.2) is 11.5 Å². The summed E-state index contributed by atoms with van der Waals surface area (Å²) in [6.07, 6.45) is 0.616. The van der Waals surface area contributed by atoms with Crippen LogP contribution in [0.15, 0.2) is 52.9 Å². The molecule has 5 rings (SSSR count). The lowest BCUT2D eigenvalue weighted by Crippen LogP contribution is -2.40. The number of aliphatic hydroxyl groups is 1. The fourth-order valence-electron chi connectivity index (χ4n) is 5.65. The van der Waals surface area contributed by atoms with E-state index < -0.39 is 27.8 Å². The largest absolute Gasteiger partial charge is 0.507 e. The normalized spacial score (nSPS) is 21.7. The minimum absolute atomic E-state index is 0.0611. The Bertz CT molecular complexity index is 1460. The molecule has 3 aliphatic rings. The molecule has 1 atom stereocenters. The average Bonchev–Trinajstić information content (AvgIpc) is 3.30. The maximum Gasteiger partial charge on any atom is 0.295 e. The summed E-state index contributed by atoms with van der Waals surface area (Å²) in [5.74, 6) is -1.02. The molecule has 1 amide bonds. The van der Waals surface area contributed by atoms with E-state index in [1.165, 1.54) is 47.7 Å². The molecule has 3 aliphatic heterocycles. The molecule has 2 aromatic carbocycles. The molecule has 232 valence electrons. The summed E-state index contributed by atoms with van der Waals surface area (Å²) in [5, 5.41) is 11.5. The fourth-order valence-corrected chi connectivity index (χ4v) is 7.05. The molecule has 0 radical (unpaired) electrons. The van der Waals surface area contributed by atoms with E-state index in [-0.39, 0.29) is 41.4 Å². The molecule has 13 heteroatoms. The van der Waals surface area contributed by atoms with Gasteiger partial charge in [0.1, 0.15) is 5.76 Å². The number of amides is 1. The Morgan fingerprint density at radius 2 is 1.51 bits per heavy atom. The highest BCUT2D eigenvalue weighted by atomic mass is 32.2. The summed E-state index contributed by atoms with van der Waals surface area (Å²) < 4.78 is 49.1. The van der Waals surface area contributed by atoms with Gasteiger partial charge in [-0.05, 0) is 48.4 Å². The number of carbonyl (C=O) groups excluding carboxylic acids is 2. The number of carbonyl (C=O) groups is 2. The highest BCUT2D eigenvalue weighted by Crippen LogP contribution is 2.42. The molecule has 0 aliphatic carbocycles. The molecule has 3 saturated heterocycles. The Labute approximate surface area is 251 Å². The van der Waals surface area contributed by atoms with E-state index in [9.17, 15) is 23.1 Å². The minimum Gasteiger partial charge on any atom is -0.507 e. The Hall–Kier alpha value is -3.49. The molecule has 0 saturated carbocycles. The first-order chi connectivity index (χ1) is 20.8. The Kier molecular flexibility index (Phi) is 9.67. The van der Waals surface area contributed by atoms with Gasteiger partial charge >= 0.3 is 0 Å². The van der Waals surface area contributed by atoms with Crippen molar-refractivity contribution in [2.75, 3.05) is 79.9 Å². The van der Waals surface area contributed by atoms with Crippen LogP contribution in [0.25, 0.3) is 5.76 Å². The van der Waals surface area contributed by atoms with Crippen LogP contribution in [0, 0.1) is 0 Å². The van der Waals surface area contributed by atoms with E-state index in [1.807, 2.05) is 0 Å². The highest BCUT2D eigenvalue weighted by Gasteiger charge is 2.46. The summed E-state index contributed by atoms with van der Waals surface area (Å²) in [6, 6.07) is 9.90. The van der Waals surface area contributed by atoms with Crippen LogP contribution < -0.4 is 9.47 Å². The lowest BCUT2D eigenvalue weighted by molar-refractivity contribution is -0.140. The SMILES string of the molecule is COc1ccc([C@@H]2C(=C(O)c3ccc(S(=O)(=O)N4CCOCC4)cc3)C(=O)C(=O)N2CCCN2CCOCC2)cc1OC. The summed E-state index contributed by atoms with van der Waals surface area (Å²) in [4.78, 5) is 30.7. The quantitative estimate of drug-likeness (QED) is 0.240. The Morgan fingerprint density at radius 3 is 2.14 bits per heavy atom. The second kappa shape index (κ2) is 13.4. The Balaban J connectivity index is 1.49. The number of methoxy groups -OCH3 is 2. The van der Waals surface area contributed by atoms with Crippen molar-refractivity contribution in [1.29, 1.82) is 0 Å². The van der Waals surface area contributed by atoms with Crippen molar-refractivity contribution in [1.82, 2.24) is 14.1 Å². The topological polar surface area (TPSA) is 135 Å². The first kappa shape index (κ1) is 31.0. The van der Waals surface area contributed by atoms with Crippen LogP contribution in [0.5, 0.6) is 11.5 Å². The molecule has 2 aromatic rings. The predicted octanol–water partition coefficient (Wildman–Crippen LogP) is 1.87. The van der Waals surface area contributed by atoms with Gasteiger partial charge in [0.05, 0.1) is 57.2 Å². The Morgan fingerprint density at radius 1 is 0.884 bits per heavy atom. The van der Waals surface area contributed by atoms with E-state index in [0.29, 0.717) is 49.9 Å². The number of ether oxygens (including phenoxy) is 4. The van der Waals surface area contributed by atoms with E-state index in [4.69, 9.17) is 18.9 Å². The van der Waals surface area contributed by atoms with Gasteiger partial charge in [-0.15, -0.1) is 0 Å². The maximum absolute atomic E-state index is 13.5. The number of aliphatic hydroxyl groups excluding tert-OH is 1. The van der Waals surface area contributed by atoms with Crippen LogP contribution in [0.4, 0.5) is 0 Å². The monoisotopic (exact) mass is 615 g/mol. The zero-order chi connectivity index (χ0) is 30.6. The lowest BCUT2D eigenvalue weighted by Gasteiger charge is -2.29. The fraction of sp³-hybridized carbons (Fsp3) is 0.467. The maximum atomic E-state index is 13.5. The van der Waals surface area contributed by atoms with Crippen LogP contribution in [-0.2, 0) is 29.1 Å². The van der Waals surface area contributed by atoms with E-state index >= 15 is 0 Å². The molecule has 3 heterocycles. The third kappa shape index (κ3) is 6.41. The van der Waals surface area contributed by atoms with Gasteiger partial charge in [-0.1, -0.05) is 6.07 Å². The molecule has 0 aromatic heterocycles. The molecular weight excluding hydrogens is 578 g/mol. The van der Waals surface area contributed by atoms with Crippen molar-refractivity contribution in [3.8, 4) is 11.5 Å². The molecule has 12 nitrogen and oxygen atoms in total. The van der Waals surface area contributed by atoms with Gasteiger partial charge in [0, 0.05) is 44.8 Å². The predicted molar refractivity (Wildman–Crippen MR) is 156 cm³/mol. The molecule has 1 N–H and O–H groups in total. The van der Waals surface area contributed by atoms with Gasteiger partial charge in [0.2, 0.25) is 10.0 Å². The number of nitrogens with zero attached hydrogens (tertiary/aromatic N) is 3. The van der Waals surface area contributed by atoms with Gasteiger partial charge in [-0.2, -0.15) is 4.31 Å². The van der Waals surface area contributed by atoms with Gasteiger partial charge in [-0.3, -0.25) is 14.5 Å². The summed E-state index contributed by atoms with van der Waals surface area (Å²) in [7, 11) is -0.745. The van der Waals surface area contributed by atoms with E-state index in [0.717, 1.165) is 19.6 Å². The second-order valence-electron chi connectivity index (χ2n) is 10.5. The number of Topliss-reactive ketones (excluding diaryl/α,β-unsaturated/α-hetero) is 1. The molecule has 0 unspecified atom stereocenters. The number of rotatable bonds is 10. The number of benzene rings is 2. The number of ketones is 1. The molecule has 43 heavy (non-hydrogen) atoms. The second-order valence-corrected chi connectivity index (χ2v) is 12.4. The van der Waals surface area contributed by atoms with Crippen molar-refractivity contribution in [2.45, 2.75) is 17.4 Å². The standard InChI is InChI=1S/C30H37N3O9S/c1-39-24-9-6-22(20-25(24)40-2)27-26(29(35)30(36)33(27)11-3-10-31-12-16-41-17-13-31)28(34)21-4-7-23(8-5-21)43(37,38)32-14-18-42-19-15-32/h4-9,20,27,34H,3,10-19H2,1-2H3/t27-/m1/s1. The molecule has 0 spiro atoms. The smallest absolute Gasteiger partial charge is 0.295 e. The zero-order valence-corrected chi connectivity index (χ0v) is 25.2. The number of likely N-dealkylation sites (tertiary alicyclic amines) is 1. The number of hydrogen-bond acceptors (Lipinski definition) is 10. The zero-order valence-electron chi connectivity index (χ0n) is 24.4. The van der Waals surface area contributed by atoms with Crippen LogP contribution in [0.1, 0.15) is 23.6 Å².